The van der Waals surface area contributed by atoms with Gasteiger partial charge in [-0.3, -0.25) is 4.99 Å². The maximum absolute atomic E-state index is 12.2. The molecule has 1 aliphatic heterocycles. The third kappa shape index (κ3) is 4.92. The zero-order chi connectivity index (χ0) is 17.6. The molecule has 6 nitrogen and oxygen atoms in total. The molecule has 136 valence electrons. The number of guanidine groups is 1. The Bertz CT molecular complexity index is 640. The van der Waals surface area contributed by atoms with Gasteiger partial charge < -0.3 is 14.6 Å². The summed E-state index contributed by atoms with van der Waals surface area (Å²) in [5, 5.41) is 3.36. The maximum atomic E-state index is 12.2. The smallest absolute Gasteiger partial charge is 0.194 e. The number of sulfone groups is 1. The zero-order valence-electron chi connectivity index (χ0n) is 14.6. The van der Waals surface area contributed by atoms with E-state index in [1.165, 1.54) is 0 Å². The van der Waals surface area contributed by atoms with Crippen LogP contribution in [0.4, 0.5) is 0 Å². The predicted molar refractivity (Wildman–Crippen MR) is 101 cm³/mol. The van der Waals surface area contributed by atoms with Gasteiger partial charge in [-0.25, -0.2) is 8.42 Å². The van der Waals surface area contributed by atoms with Crippen LogP contribution < -0.4 is 5.32 Å². The fourth-order valence-corrected chi connectivity index (χ4v) is 4.23. The van der Waals surface area contributed by atoms with Crippen molar-refractivity contribution in [3.8, 4) is 0 Å². The quantitative estimate of drug-likeness (QED) is 0.464. The lowest BCUT2D eigenvalue weighted by Crippen LogP contribution is -2.57. The van der Waals surface area contributed by atoms with Crippen molar-refractivity contribution in [3.63, 3.8) is 0 Å². The van der Waals surface area contributed by atoms with Gasteiger partial charge in [-0.2, -0.15) is 11.8 Å². The summed E-state index contributed by atoms with van der Waals surface area (Å²) >= 11 is 1.75. The van der Waals surface area contributed by atoms with Gasteiger partial charge in [0.25, 0.3) is 0 Å². The van der Waals surface area contributed by atoms with Crippen LogP contribution in [0.2, 0.25) is 0 Å². The molecule has 1 aliphatic rings. The van der Waals surface area contributed by atoms with Gasteiger partial charge in [0.05, 0.1) is 23.3 Å². The standard InChI is InChI=1S/C16H27N3O3S2/c1-16(2)13-19(9-12-24(16,20)21)15(18-8-11-23-3)17-7-6-14-5-4-10-22-14/h4-5,10H,6-9,11-13H2,1-3H3,(H,17,18). The Morgan fingerprint density at radius 1 is 1.50 bits per heavy atom. The number of furan rings is 1. The number of nitrogens with one attached hydrogen (secondary N) is 1. The minimum Gasteiger partial charge on any atom is -0.469 e. The first-order chi connectivity index (χ1) is 11.4. The minimum atomic E-state index is -3.05. The Morgan fingerprint density at radius 3 is 2.92 bits per heavy atom. The Labute approximate surface area is 149 Å². The molecule has 0 amide bonds. The molecule has 1 N–H and O–H groups in total. The molecule has 1 saturated heterocycles. The number of thioether (sulfide) groups is 1. The van der Waals surface area contributed by atoms with Crippen LogP contribution in [0, 0.1) is 0 Å². The van der Waals surface area contributed by atoms with Crippen LogP contribution in [0.5, 0.6) is 0 Å². The van der Waals surface area contributed by atoms with Crippen molar-refractivity contribution in [2.75, 3.05) is 43.9 Å². The molecule has 0 spiro atoms. The summed E-state index contributed by atoms with van der Waals surface area (Å²) < 4.78 is 29.0. The van der Waals surface area contributed by atoms with E-state index < -0.39 is 14.6 Å². The molecule has 0 radical (unpaired) electrons. The molecule has 0 aromatic carbocycles. The molecule has 0 unspecified atom stereocenters. The molecule has 8 heteroatoms. The highest BCUT2D eigenvalue weighted by Crippen LogP contribution is 2.23. The summed E-state index contributed by atoms with van der Waals surface area (Å²) in [6.45, 7) is 5.94. The van der Waals surface area contributed by atoms with Gasteiger partial charge in [0.1, 0.15) is 5.76 Å². The lowest BCUT2D eigenvalue weighted by Gasteiger charge is -2.39. The second-order valence-corrected chi connectivity index (χ2v) is 10.2. The lowest BCUT2D eigenvalue weighted by atomic mass is 10.2. The average Bonchev–Trinajstić information content (AvgIpc) is 3.02. The van der Waals surface area contributed by atoms with Gasteiger partial charge >= 0.3 is 0 Å². The molecule has 1 aromatic rings. The summed E-state index contributed by atoms with van der Waals surface area (Å²) in [5.41, 5.74) is 0. The normalized spacial score (nSPS) is 20.1. The van der Waals surface area contributed by atoms with Crippen molar-refractivity contribution >= 4 is 27.6 Å². The number of nitrogens with zero attached hydrogens (tertiary/aromatic N) is 2. The number of hydrogen-bond acceptors (Lipinski definition) is 5. The molecular weight excluding hydrogens is 346 g/mol. The highest BCUT2D eigenvalue weighted by Gasteiger charge is 2.40. The van der Waals surface area contributed by atoms with Crippen molar-refractivity contribution in [2.45, 2.75) is 25.0 Å². The van der Waals surface area contributed by atoms with Gasteiger partial charge in [0.15, 0.2) is 15.8 Å². The van der Waals surface area contributed by atoms with Gasteiger partial charge in [-0.05, 0) is 32.2 Å². The topological polar surface area (TPSA) is 74.9 Å². The summed E-state index contributed by atoms with van der Waals surface area (Å²) in [6.07, 6.45) is 4.49. The van der Waals surface area contributed by atoms with Crippen LogP contribution in [-0.2, 0) is 16.3 Å². The van der Waals surface area contributed by atoms with Crippen LogP contribution in [0.1, 0.15) is 19.6 Å². The second kappa shape index (κ2) is 8.29. The SMILES string of the molecule is CSCCN=C(NCCc1ccco1)N1CCS(=O)(=O)C(C)(C)C1. The Balaban J connectivity index is 2.01. The molecular formula is C16H27N3O3S2. The van der Waals surface area contributed by atoms with E-state index in [4.69, 9.17) is 4.42 Å². The summed E-state index contributed by atoms with van der Waals surface area (Å²) in [5.74, 6) is 2.83. The van der Waals surface area contributed by atoms with Crippen molar-refractivity contribution in [1.82, 2.24) is 10.2 Å². The lowest BCUT2D eigenvalue weighted by molar-refractivity contribution is 0.352. The van der Waals surface area contributed by atoms with E-state index in [0.29, 0.717) is 26.2 Å². The van der Waals surface area contributed by atoms with Crippen LogP contribution >= 0.6 is 11.8 Å². The average molecular weight is 374 g/mol. The van der Waals surface area contributed by atoms with E-state index in [-0.39, 0.29) is 5.75 Å². The van der Waals surface area contributed by atoms with Gasteiger partial charge in [-0.1, -0.05) is 0 Å². The highest BCUT2D eigenvalue weighted by molar-refractivity contribution is 7.98. The van der Waals surface area contributed by atoms with E-state index in [9.17, 15) is 8.42 Å². The van der Waals surface area contributed by atoms with Crippen LogP contribution in [-0.4, -0.2) is 68.0 Å². The van der Waals surface area contributed by atoms with Crippen molar-refractivity contribution < 1.29 is 12.8 Å². The van der Waals surface area contributed by atoms with E-state index in [1.54, 1.807) is 31.9 Å². The minimum absolute atomic E-state index is 0.168. The Morgan fingerprint density at radius 2 is 2.29 bits per heavy atom. The third-order valence-electron chi connectivity index (χ3n) is 4.13. The zero-order valence-corrected chi connectivity index (χ0v) is 16.3. The van der Waals surface area contributed by atoms with E-state index in [1.807, 2.05) is 12.1 Å². The van der Waals surface area contributed by atoms with E-state index >= 15 is 0 Å². The first kappa shape index (κ1) is 19.2. The van der Waals surface area contributed by atoms with Gasteiger partial charge in [0.2, 0.25) is 0 Å². The van der Waals surface area contributed by atoms with Crippen LogP contribution in [0.3, 0.4) is 0 Å². The van der Waals surface area contributed by atoms with Crippen molar-refractivity contribution in [3.05, 3.63) is 24.2 Å². The van der Waals surface area contributed by atoms with E-state index in [0.717, 1.165) is 23.9 Å². The largest absolute Gasteiger partial charge is 0.469 e. The van der Waals surface area contributed by atoms with Crippen LogP contribution in [0.25, 0.3) is 0 Å². The molecule has 1 fully saturated rings. The highest BCUT2D eigenvalue weighted by atomic mass is 32.2. The molecule has 2 rings (SSSR count). The van der Waals surface area contributed by atoms with Crippen molar-refractivity contribution in [1.29, 1.82) is 0 Å². The molecule has 0 aliphatic carbocycles. The van der Waals surface area contributed by atoms with Crippen LogP contribution in [0.15, 0.2) is 27.8 Å². The maximum Gasteiger partial charge on any atom is 0.194 e. The number of hydrogen-bond donors (Lipinski definition) is 1. The molecule has 0 bridgehead atoms. The first-order valence-corrected chi connectivity index (χ1v) is 11.2. The molecule has 0 atom stereocenters. The number of aliphatic imine (C=N–C) groups is 1. The third-order valence-corrected chi connectivity index (χ3v) is 7.26. The fourth-order valence-electron chi connectivity index (χ4n) is 2.59. The van der Waals surface area contributed by atoms with Gasteiger partial charge in [0, 0.05) is 31.8 Å². The van der Waals surface area contributed by atoms with E-state index in [2.05, 4.69) is 21.5 Å². The van der Waals surface area contributed by atoms with Crippen molar-refractivity contribution in [2.24, 2.45) is 4.99 Å². The first-order valence-electron chi connectivity index (χ1n) is 8.12. The van der Waals surface area contributed by atoms with Gasteiger partial charge in [-0.15, -0.1) is 0 Å². The Kier molecular flexibility index (Phi) is 6.62. The Hall–Kier alpha value is -1.15. The second-order valence-electron chi connectivity index (χ2n) is 6.45. The summed E-state index contributed by atoms with van der Waals surface area (Å²) in [7, 11) is -3.05. The molecule has 0 saturated carbocycles. The molecule has 1 aromatic heterocycles. The molecule has 2 heterocycles. The predicted octanol–water partition coefficient (Wildman–Crippen LogP) is 1.64. The fraction of sp³-hybridized carbons (Fsp3) is 0.688. The monoisotopic (exact) mass is 373 g/mol. The molecule has 24 heavy (non-hydrogen) atoms. The number of rotatable bonds is 6. The summed E-state index contributed by atoms with van der Waals surface area (Å²) in [4.78, 5) is 6.71. The summed E-state index contributed by atoms with van der Waals surface area (Å²) in [6, 6.07) is 3.82.